The van der Waals surface area contributed by atoms with Gasteiger partial charge in [-0.15, -0.1) is 0 Å². The van der Waals surface area contributed by atoms with Crippen LogP contribution in [-0.2, 0) is 14.8 Å². The normalized spacial score (nSPS) is 14.3. The molecular formula is C20H22ClN3O5S. The van der Waals surface area contributed by atoms with Crippen LogP contribution in [0.15, 0.2) is 53.4 Å². The van der Waals surface area contributed by atoms with Crippen LogP contribution in [0.1, 0.15) is 17.3 Å². The maximum absolute atomic E-state index is 13.0. The Morgan fingerprint density at radius 1 is 1.00 bits per heavy atom. The minimum absolute atomic E-state index is 0.0391. The van der Waals surface area contributed by atoms with Gasteiger partial charge in [-0.25, -0.2) is 13.2 Å². The van der Waals surface area contributed by atoms with Gasteiger partial charge in [0.1, 0.15) is 0 Å². The number of amides is 2. The van der Waals surface area contributed by atoms with Crippen molar-refractivity contribution in [3.05, 3.63) is 59.1 Å². The van der Waals surface area contributed by atoms with Gasteiger partial charge in [-0.05, 0) is 43.3 Å². The first-order valence-corrected chi connectivity index (χ1v) is 11.3. The molecule has 1 N–H and O–H groups in total. The highest BCUT2D eigenvalue weighted by Crippen LogP contribution is 2.23. The van der Waals surface area contributed by atoms with E-state index in [0.29, 0.717) is 37.8 Å². The maximum atomic E-state index is 13.0. The second-order valence-electron chi connectivity index (χ2n) is 6.58. The molecule has 8 nitrogen and oxygen atoms in total. The average molecular weight is 452 g/mol. The Hall–Kier alpha value is -2.78. The number of piperazine rings is 1. The number of nitrogens with zero attached hydrogens (tertiary/aromatic N) is 2. The zero-order valence-corrected chi connectivity index (χ0v) is 17.9. The van der Waals surface area contributed by atoms with Crippen molar-refractivity contribution in [1.29, 1.82) is 0 Å². The Labute approximate surface area is 180 Å². The lowest BCUT2D eigenvalue weighted by Crippen LogP contribution is -2.50. The van der Waals surface area contributed by atoms with Crippen LogP contribution in [0.3, 0.4) is 0 Å². The third kappa shape index (κ3) is 5.03. The molecule has 0 spiro atoms. The van der Waals surface area contributed by atoms with E-state index < -0.39 is 16.1 Å². The Balaban J connectivity index is 1.74. The number of carbonyl (C=O) groups excluding carboxylic acids is 2. The Morgan fingerprint density at radius 2 is 1.60 bits per heavy atom. The first-order valence-electron chi connectivity index (χ1n) is 9.40. The number of sulfonamides is 1. The van der Waals surface area contributed by atoms with Crippen LogP contribution < -0.4 is 4.72 Å². The molecule has 0 bridgehead atoms. The van der Waals surface area contributed by atoms with Gasteiger partial charge in [0.05, 0.1) is 22.8 Å². The topological polar surface area (TPSA) is 96.0 Å². The number of hydrogen-bond donors (Lipinski definition) is 1. The van der Waals surface area contributed by atoms with Crippen molar-refractivity contribution in [3.63, 3.8) is 0 Å². The molecule has 0 radical (unpaired) electrons. The molecule has 1 aliphatic rings. The predicted octanol–water partition coefficient (Wildman–Crippen LogP) is 3.06. The van der Waals surface area contributed by atoms with Crippen molar-refractivity contribution in [3.8, 4) is 0 Å². The van der Waals surface area contributed by atoms with Gasteiger partial charge < -0.3 is 14.5 Å². The van der Waals surface area contributed by atoms with Crippen molar-refractivity contribution < 1.29 is 22.7 Å². The fraction of sp³-hybridized carbons (Fsp3) is 0.300. The highest BCUT2D eigenvalue weighted by atomic mass is 35.5. The predicted molar refractivity (Wildman–Crippen MR) is 113 cm³/mol. The number of carbonyl (C=O) groups is 2. The summed E-state index contributed by atoms with van der Waals surface area (Å²) in [6.45, 7) is 3.39. The van der Waals surface area contributed by atoms with E-state index in [-0.39, 0.29) is 22.1 Å². The lowest BCUT2D eigenvalue weighted by Gasteiger charge is -2.34. The molecule has 3 rings (SSSR count). The molecular weight excluding hydrogens is 430 g/mol. The Bertz CT molecular complexity index is 1020. The summed E-state index contributed by atoms with van der Waals surface area (Å²) in [5, 5.41) is 0.423. The minimum Gasteiger partial charge on any atom is -0.450 e. The number of benzene rings is 2. The molecule has 1 aliphatic heterocycles. The largest absolute Gasteiger partial charge is 0.450 e. The molecule has 30 heavy (non-hydrogen) atoms. The molecule has 0 unspecified atom stereocenters. The summed E-state index contributed by atoms with van der Waals surface area (Å²) in [6, 6.07) is 12.2. The van der Waals surface area contributed by atoms with Crippen LogP contribution in [-0.4, -0.2) is 63.0 Å². The zero-order chi connectivity index (χ0) is 21.7. The molecule has 160 valence electrons. The number of para-hydroxylation sites is 1. The molecule has 2 aromatic carbocycles. The molecule has 0 aromatic heterocycles. The number of nitrogens with one attached hydrogen (secondary N) is 1. The van der Waals surface area contributed by atoms with E-state index in [1.54, 1.807) is 34.9 Å². The van der Waals surface area contributed by atoms with Gasteiger partial charge in [0.2, 0.25) is 0 Å². The van der Waals surface area contributed by atoms with Crippen molar-refractivity contribution in [2.45, 2.75) is 11.8 Å². The maximum Gasteiger partial charge on any atom is 0.409 e. The Morgan fingerprint density at radius 3 is 2.23 bits per heavy atom. The van der Waals surface area contributed by atoms with Crippen LogP contribution in [0.5, 0.6) is 0 Å². The van der Waals surface area contributed by atoms with Gasteiger partial charge in [-0.1, -0.05) is 23.7 Å². The van der Waals surface area contributed by atoms with Gasteiger partial charge in [0.25, 0.3) is 15.9 Å². The summed E-state index contributed by atoms with van der Waals surface area (Å²) in [6.07, 6.45) is -0.402. The standard InChI is InChI=1S/C20H22ClN3O5S/c1-2-29-20(26)24-13-11-23(12-14-24)19(25)17-5-3-4-6-18(17)22-30(27,28)16-9-7-15(21)8-10-16/h3-10,22H,2,11-14H2,1H3. The number of ether oxygens (including phenoxy) is 1. The van der Waals surface area contributed by atoms with E-state index in [2.05, 4.69) is 4.72 Å². The van der Waals surface area contributed by atoms with Gasteiger partial charge >= 0.3 is 6.09 Å². The summed E-state index contributed by atoms with van der Waals surface area (Å²) in [7, 11) is -3.89. The van der Waals surface area contributed by atoms with E-state index in [4.69, 9.17) is 16.3 Å². The lowest BCUT2D eigenvalue weighted by molar-refractivity contribution is 0.0571. The van der Waals surface area contributed by atoms with Crippen LogP contribution in [0.4, 0.5) is 10.5 Å². The molecule has 2 amide bonds. The van der Waals surface area contributed by atoms with E-state index in [1.807, 2.05) is 0 Å². The average Bonchev–Trinajstić information content (AvgIpc) is 2.74. The molecule has 0 saturated carbocycles. The number of rotatable bonds is 5. The number of halogens is 1. The number of hydrogen-bond acceptors (Lipinski definition) is 5. The molecule has 10 heteroatoms. The summed E-state index contributed by atoms with van der Waals surface area (Å²) in [4.78, 5) is 28.0. The number of anilines is 1. The van der Waals surface area contributed by atoms with Crippen molar-refractivity contribution in [2.24, 2.45) is 0 Å². The summed E-state index contributed by atoms with van der Waals surface area (Å²) in [5.74, 6) is -0.312. The highest BCUT2D eigenvalue weighted by Gasteiger charge is 2.27. The van der Waals surface area contributed by atoms with E-state index >= 15 is 0 Å². The monoisotopic (exact) mass is 451 g/mol. The van der Waals surface area contributed by atoms with E-state index in [9.17, 15) is 18.0 Å². The summed E-state index contributed by atoms with van der Waals surface area (Å²) >= 11 is 5.82. The molecule has 0 aliphatic carbocycles. The fourth-order valence-electron chi connectivity index (χ4n) is 3.05. The van der Waals surface area contributed by atoms with Crippen LogP contribution in [0, 0.1) is 0 Å². The molecule has 1 saturated heterocycles. The molecule has 1 heterocycles. The SMILES string of the molecule is CCOC(=O)N1CCN(C(=O)c2ccccc2NS(=O)(=O)c2ccc(Cl)cc2)CC1. The molecule has 1 fully saturated rings. The second kappa shape index (κ2) is 9.36. The summed E-state index contributed by atoms with van der Waals surface area (Å²) in [5.41, 5.74) is 0.421. The van der Waals surface area contributed by atoms with Gasteiger partial charge in [0.15, 0.2) is 0 Å². The van der Waals surface area contributed by atoms with Gasteiger partial charge in [0, 0.05) is 31.2 Å². The van der Waals surface area contributed by atoms with Gasteiger partial charge in [-0.2, -0.15) is 0 Å². The second-order valence-corrected chi connectivity index (χ2v) is 8.70. The quantitative estimate of drug-likeness (QED) is 0.753. The minimum atomic E-state index is -3.89. The van der Waals surface area contributed by atoms with Crippen molar-refractivity contribution in [2.75, 3.05) is 37.5 Å². The highest BCUT2D eigenvalue weighted by molar-refractivity contribution is 7.92. The lowest BCUT2D eigenvalue weighted by atomic mass is 10.1. The first kappa shape index (κ1) is 21.9. The van der Waals surface area contributed by atoms with Gasteiger partial charge in [-0.3, -0.25) is 9.52 Å². The smallest absolute Gasteiger partial charge is 0.409 e. The fourth-order valence-corrected chi connectivity index (χ4v) is 4.26. The van der Waals surface area contributed by atoms with E-state index in [0.717, 1.165) is 0 Å². The van der Waals surface area contributed by atoms with Crippen LogP contribution >= 0.6 is 11.6 Å². The zero-order valence-electron chi connectivity index (χ0n) is 16.4. The summed E-state index contributed by atoms with van der Waals surface area (Å²) < 4.78 is 32.9. The first-order chi connectivity index (χ1) is 14.3. The molecule has 0 atom stereocenters. The third-order valence-corrected chi connectivity index (χ3v) is 6.25. The molecule has 2 aromatic rings. The van der Waals surface area contributed by atoms with Crippen LogP contribution in [0.25, 0.3) is 0 Å². The van der Waals surface area contributed by atoms with Crippen molar-refractivity contribution in [1.82, 2.24) is 9.80 Å². The van der Waals surface area contributed by atoms with Crippen molar-refractivity contribution >= 4 is 39.3 Å². The Kier molecular flexibility index (Phi) is 6.84. The van der Waals surface area contributed by atoms with Crippen LogP contribution in [0.2, 0.25) is 5.02 Å². The third-order valence-electron chi connectivity index (χ3n) is 4.62. The van der Waals surface area contributed by atoms with E-state index in [1.165, 1.54) is 30.3 Å².